The van der Waals surface area contributed by atoms with Crippen molar-refractivity contribution in [2.75, 3.05) is 32.2 Å². The summed E-state index contributed by atoms with van der Waals surface area (Å²) in [6.45, 7) is 4.76. The lowest BCUT2D eigenvalue weighted by Gasteiger charge is -2.26. The van der Waals surface area contributed by atoms with E-state index in [-0.39, 0.29) is 17.3 Å². The van der Waals surface area contributed by atoms with Gasteiger partial charge in [-0.05, 0) is 92.7 Å². The fraction of sp³-hybridized carbons (Fsp3) is 0.250. The van der Waals surface area contributed by atoms with Crippen molar-refractivity contribution in [1.82, 2.24) is 0 Å². The van der Waals surface area contributed by atoms with Crippen molar-refractivity contribution < 1.29 is 28.6 Å². The van der Waals surface area contributed by atoms with Crippen LogP contribution in [-0.2, 0) is 0 Å². The van der Waals surface area contributed by atoms with Gasteiger partial charge in [0.25, 0.3) is 0 Å². The van der Waals surface area contributed by atoms with Crippen molar-refractivity contribution in [3.8, 4) is 17.2 Å². The van der Waals surface area contributed by atoms with Gasteiger partial charge in [0.15, 0.2) is 17.7 Å². The Labute approximate surface area is 252 Å². The van der Waals surface area contributed by atoms with Crippen LogP contribution in [0.5, 0.6) is 17.2 Å². The Morgan fingerprint density at radius 3 is 1.70 bits per heavy atom. The maximum atomic E-state index is 14.4. The first kappa shape index (κ1) is 29.6. The van der Waals surface area contributed by atoms with Crippen LogP contribution in [0.1, 0.15) is 56.4 Å². The molecule has 0 saturated carbocycles. The van der Waals surface area contributed by atoms with E-state index in [9.17, 15) is 14.4 Å². The number of ether oxygens (including phenoxy) is 3. The molecule has 4 aromatic rings. The Morgan fingerprint density at radius 2 is 1.19 bits per heavy atom. The highest BCUT2D eigenvalue weighted by Crippen LogP contribution is 2.46. The van der Waals surface area contributed by atoms with Gasteiger partial charge in [-0.3, -0.25) is 14.4 Å². The van der Waals surface area contributed by atoms with Gasteiger partial charge in [-0.1, -0.05) is 18.2 Å². The molecule has 1 aliphatic heterocycles. The van der Waals surface area contributed by atoms with Crippen LogP contribution < -0.4 is 19.1 Å². The highest BCUT2D eigenvalue weighted by Gasteiger charge is 2.49. The third-order valence-electron chi connectivity index (χ3n) is 7.61. The molecule has 4 aromatic carbocycles. The molecule has 3 atom stereocenters. The molecule has 0 radical (unpaired) electrons. The van der Waals surface area contributed by atoms with Crippen LogP contribution in [0.4, 0.5) is 5.69 Å². The SMILES string of the molecule is CCOc1ccc(C(=O)C2Oc3ccccc3C2C(C(=O)c2ccc(OCC)cc2)C(=O)c2ccc(N(C)C)cc2)cc1. The minimum atomic E-state index is -1.22. The highest BCUT2D eigenvalue weighted by atomic mass is 16.5. The second kappa shape index (κ2) is 12.9. The molecule has 7 nitrogen and oxygen atoms in total. The van der Waals surface area contributed by atoms with Gasteiger partial charge in [0.2, 0.25) is 5.78 Å². The number of para-hydroxylation sites is 1. The zero-order chi connectivity index (χ0) is 30.5. The lowest BCUT2D eigenvalue weighted by molar-refractivity contribution is 0.0669. The molecule has 1 heterocycles. The van der Waals surface area contributed by atoms with Crippen molar-refractivity contribution in [1.29, 1.82) is 0 Å². The molecule has 43 heavy (non-hydrogen) atoms. The number of benzene rings is 4. The number of carbonyl (C=O) groups excluding carboxylic acids is 3. The number of nitrogens with zero attached hydrogens (tertiary/aromatic N) is 1. The van der Waals surface area contributed by atoms with Crippen LogP contribution in [0, 0.1) is 5.92 Å². The van der Waals surface area contributed by atoms with Crippen molar-refractivity contribution in [3.05, 3.63) is 119 Å². The number of rotatable bonds is 12. The molecule has 0 aliphatic carbocycles. The van der Waals surface area contributed by atoms with Crippen LogP contribution in [0.25, 0.3) is 0 Å². The van der Waals surface area contributed by atoms with Gasteiger partial charge in [-0.15, -0.1) is 0 Å². The third kappa shape index (κ3) is 6.16. The van der Waals surface area contributed by atoms with Crippen LogP contribution in [0.2, 0.25) is 0 Å². The predicted octanol–water partition coefficient (Wildman–Crippen LogP) is 6.66. The van der Waals surface area contributed by atoms with Crippen molar-refractivity contribution in [3.63, 3.8) is 0 Å². The van der Waals surface area contributed by atoms with E-state index in [1.807, 2.05) is 63.2 Å². The summed E-state index contributed by atoms with van der Waals surface area (Å²) in [5, 5.41) is 0. The second-order valence-electron chi connectivity index (χ2n) is 10.5. The van der Waals surface area contributed by atoms with E-state index in [1.165, 1.54) is 0 Å². The molecule has 3 unspecified atom stereocenters. The van der Waals surface area contributed by atoms with E-state index in [1.54, 1.807) is 66.7 Å². The molecule has 1 aliphatic rings. The molecule has 0 fully saturated rings. The Kier molecular flexibility index (Phi) is 8.90. The summed E-state index contributed by atoms with van der Waals surface area (Å²) >= 11 is 0. The normalized spacial score (nSPS) is 16.0. The summed E-state index contributed by atoms with van der Waals surface area (Å²) in [7, 11) is 3.83. The largest absolute Gasteiger partial charge is 0.494 e. The average molecular weight is 578 g/mol. The summed E-state index contributed by atoms with van der Waals surface area (Å²) in [4.78, 5) is 44.7. The third-order valence-corrected chi connectivity index (χ3v) is 7.61. The molecule has 0 aromatic heterocycles. The zero-order valence-electron chi connectivity index (χ0n) is 24.8. The Bertz CT molecular complexity index is 1590. The number of Topliss-reactive ketones (excluding diaryl/α,β-unsaturated/α-hetero) is 3. The average Bonchev–Trinajstić information content (AvgIpc) is 3.41. The lowest BCUT2D eigenvalue weighted by atomic mass is 9.74. The van der Waals surface area contributed by atoms with Crippen LogP contribution in [-0.4, -0.2) is 50.8 Å². The quantitative estimate of drug-likeness (QED) is 0.138. The van der Waals surface area contributed by atoms with E-state index in [0.717, 1.165) is 5.69 Å². The Hall–Kier alpha value is -4.91. The molecule has 5 rings (SSSR count). The van der Waals surface area contributed by atoms with E-state index < -0.39 is 17.9 Å². The van der Waals surface area contributed by atoms with E-state index in [2.05, 4.69) is 0 Å². The minimum Gasteiger partial charge on any atom is -0.494 e. The van der Waals surface area contributed by atoms with Gasteiger partial charge in [0.1, 0.15) is 17.2 Å². The van der Waals surface area contributed by atoms with Crippen LogP contribution >= 0.6 is 0 Å². The zero-order valence-corrected chi connectivity index (χ0v) is 24.8. The standard InChI is InChI=1S/C36H35NO6/c1-5-41-27-19-13-24(14-20-27)34(39)32(33(38)23-11-17-26(18-12-23)37(3)4)31-29-9-7-8-10-30(29)43-36(31)35(40)25-15-21-28(22-16-25)42-6-2/h7-22,31-32,36H,5-6H2,1-4H3. The van der Waals surface area contributed by atoms with Gasteiger partial charge in [0.05, 0.1) is 19.1 Å². The first-order chi connectivity index (χ1) is 20.8. The first-order valence-corrected chi connectivity index (χ1v) is 14.4. The number of hydrogen-bond acceptors (Lipinski definition) is 7. The summed E-state index contributed by atoms with van der Waals surface area (Å²) in [5.41, 5.74) is 2.70. The molecule has 0 saturated heterocycles. The van der Waals surface area contributed by atoms with E-state index in [0.29, 0.717) is 52.7 Å². The summed E-state index contributed by atoms with van der Waals surface area (Å²) in [5.74, 6) is -1.40. The van der Waals surface area contributed by atoms with Crippen molar-refractivity contribution in [2.45, 2.75) is 25.9 Å². The number of ketones is 3. The van der Waals surface area contributed by atoms with E-state index in [4.69, 9.17) is 14.2 Å². The fourth-order valence-electron chi connectivity index (χ4n) is 5.46. The monoisotopic (exact) mass is 577 g/mol. The molecule has 0 spiro atoms. The lowest BCUT2D eigenvalue weighted by Crippen LogP contribution is -2.40. The Balaban J connectivity index is 1.60. The van der Waals surface area contributed by atoms with Gasteiger partial charge < -0.3 is 19.1 Å². The minimum absolute atomic E-state index is 0.315. The number of hydrogen-bond donors (Lipinski definition) is 0. The maximum absolute atomic E-state index is 14.4. The van der Waals surface area contributed by atoms with E-state index >= 15 is 0 Å². The van der Waals surface area contributed by atoms with Crippen molar-refractivity contribution in [2.24, 2.45) is 5.92 Å². The number of carbonyl (C=O) groups is 3. The first-order valence-electron chi connectivity index (χ1n) is 14.4. The van der Waals surface area contributed by atoms with Crippen LogP contribution in [0.15, 0.2) is 97.1 Å². The van der Waals surface area contributed by atoms with Gasteiger partial charge in [0, 0.05) is 48.0 Å². The molecule has 0 amide bonds. The molecule has 0 N–H and O–H groups in total. The summed E-state index contributed by atoms with van der Waals surface area (Å²) in [6, 6.07) is 27.9. The fourth-order valence-corrected chi connectivity index (χ4v) is 5.46. The summed E-state index contributed by atoms with van der Waals surface area (Å²) < 4.78 is 17.4. The molecule has 0 bridgehead atoms. The Morgan fingerprint density at radius 1 is 0.698 bits per heavy atom. The highest BCUT2D eigenvalue weighted by molar-refractivity contribution is 6.18. The second-order valence-corrected chi connectivity index (χ2v) is 10.5. The summed E-state index contributed by atoms with van der Waals surface area (Å²) in [6.07, 6.45) is -1.09. The van der Waals surface area contributed by atoms with Gasteiger partial charge in [-0.25, -0.2) is 0 Å². The molecule has 220 valence electrons. The van der Waals surface area contributed by atoms with Crippen molar-refractivity contribution >= 4 is 23.0 Å². The topological polar surface area (TPSA) is 82.1 Å². The number of fused-ring (bicyclic) bond motifs is 1. The van der Waals surface area contributed by atoms with Gasteiger partial charge in [-0.2, -0.15) is 0 Å². The smallest absolute Gasteiger partial charge is 0.203 e. The molecule has 7 heteroatoms. The maximum Gasteiger partial charge on any atom is 0.203 e. The molecular weight excluding hydrogens is 542 g/mol. The molecular formula is C36H35NO6. The van der Waals surface area contributed by atoms with Crippen LogP contribution in [0.3, 0.4) is 0 Å². The number of anilines is 1. The van der Waals surface area contributed by atoms with Gasteiger partial charge >= 0.3 is 0 Å². The predicted molar refractivity (Wildman–Crippen MR) is 166 cm³/mol.